The average molecular weight is 209 g/mol. The first-order chi connectivity index (χ1) is 7.13. The van der Waals surface area contributed by atoms with Crippen LogP contribution in [0.1, 0.15) is 19.8 Å². The molecule has 0 unspecified atom stereocenters. The van der Waals surface area contributed by atoms with Gasteiger partial charge in [-0.15, -0.1) is 0 Å². The van der Waals surface area contributed by atoms with Crippen LogP contribution in [0.25, 0.3) is 0 Å². The Morgan fingerprint density at radius 3 is 2.87 bits per heavy atom. The molecule has 0 fully saturated rings. The van der Waals surface area contributed by atoms with Crippen molar-refractivity contribution in [3.05, 3.63) is 34.4 Å². The van der Waals surface area contributed by atoms with Gasteiger partial charge in [0.15, 0.2) is 0 Å². The molecule has 0 bridgehead atoms. The Morgan fingerprint density at radius 1 is 1.53 bits per heavy atom. The minimum absolute atomic E-state index is 0.0863. The summed E-state index contributed by atoms with van der Waals surface area (Å²) in [5.74, 6) is -0.166. The summed E-state index contributed by atoms with van der Waals surface area (Å²) >= 11 is 0. The van der Waals surface area contributed by atoms with Gasteiger partial charge in [0.05, 0.1) is 11.0 Å². The van der Waals surface area contributed by atoms with Gasteiger partial charge in [-0.25, -0.2) is 0 Å². The molecule has 80 valence electrons. The molecule has 0 radical (unpaired) electrons. The first-order valence-corrected chi connectivity index (χ1v) is 4.58. The number of nitro groups is 1. The molecule has 0 saturated heterocycles. The molecule has 0 aliphatic carbocycles. The molecule has 1 rings (SSSR count). The van der Waals surface area contributed by atoms with E-state index in [2.05, 4.69) is 0 Å². The molecule has 5 nitrogen and oxygen atoms in total. The molecule has 1 aromatic carbocycles. The van der Waals surface area contributed by atoms with Gasteiger partial charge in [0.2, 0.25) is 0 Å². The van der Waals surface area contributed by atoms with Crippen LogP contribution in [-0.4, -0.2) is 10.9 Å². The minimum atomic E-state index is -0.531. The molecular weight excluding hydrogens is 198 g/mol. The van der Waals surface area contributed by atoms with Crippen LogP contribution < -0.4 is 4.74 Å². The van der Waals surface area contributed by atoms with Crippen LogP contribution in [0.15, 0.2) is 24.3 Å². The minimum Gasteiger partial charge on any atom is -0.426 e. The number of carbonyl (C=O) groups excluding carboxylic acids is 1. The van der Waals surface area contributed by atoms with Crippen molar-refractivity contribution in [2.75, 3.05) is 0 Å². The highest BCUT2D eigenvalue weighted by atomic mass is 16.6. The van der Waals surface area contributed by atoms with Crippen molar-refractivity contribution in [1.82, 2.24) is 0 Å². The van der Waals surface area contributed by atoms with E-state index in [9.17, 15) is 14.9 Å². The summed E-state index contributed by atoms with van der Waals surface area (Å²) in [6, 6.07) is 5.57. The largest absolute Gasteiger partial charge is 0.426 e. The number of rotatable bonds is 4. The summed E-state index contributed by atoms with van der Waals surface area (Å²) in [5.41, 5.74) is -0.0863. The Balaban J connectivity index is 2.73. The van der Waals surface area contributed by atoms with Crippen molar-refractivity contribution in [2.24, 2.45) is 0 Å². The van der Waals surface area contributed by atoms with Crippen LogP contribution in [-0.2, 0) is 4.79 Å². The van der Waals surface area contributed by atoms with Crippen molar-refractivity contribution in [3.63, 3.8) is 0 Å². The van der Waals surface area contributed by atoms with Crippen LogP contribution in [0, 0.1) is 10.1 Å². The number of non-ortho nitro benzene ring substituents is 1. The van der Waals surface area contributed by atoms with E-state index in [4.69, 9.17) is 4.74 Å². The van der Waals surface area contributed by atoms with Gasteiger partial charge >= 0.3 is 5.97 Å². The summed E-state index contributed by atoms with van der Waals surface area (Å²) in [7, 11) is 0. The van der Waals surface area contributed by atoms with Gasteiger partial charge in [0, 0.05) is 12.5 Å². The maximum Gasteiger partial charge on any atom is 0.311 e. The van der Waals surface area contributed by atoms with E-state index in [1.54, 1.807) is 0 Å². The predicted octanol–water partition coefficient (Wildman–Crippen LogP) is 2.30. The topological polar surface area (TPSA) is 69.4 Å². The van der Waals surface area contributed by atoms with Crippen molar-refractivity contribution in [3.8, 4) is 5.75 Å². The highest BCUT2D eigenvalue weighted by Gasteiger charge is 2.08. The third kappa shape index (κ3) is 3.38. The van der Waals surface area contributed by atoms with Crippen molar-refractivity contribution < 1.29 is 14.5 Å². The highest BCUT2D eigenvalue weighted by Crippen LogP contribution is 2.19. The van der Waals surface area contributed by atoms with Gasteiger partial charge < -0.3 is 4.74 Å². The van der Waals surface area contributed by atoms with Gasteiger partial charge in [0.1, 0.15) is 5.75 Å². The molecule has 0 aliphatic rings. The third-order valence-corrected chi connectivity index (χ3v) is 1.71. The number of esters is 1. The molecule has 0 aromatic heterocycles. The molecule has 0 aliphatic heterocycles. The number of benzene rings is 1. The van der Waals surface area contributed by atoms with Gasteiger partial charge in [-0.1, -0.05) is 13.0 Å². The lowest BCUT2D eigenvalue weighted by atomic mass is 10.3. The van der Waals surface area contributed by atoms with Gasteiger partial charge in [-0.2, -0.15) is 0 Å². The number of hydrogen-bond donors (Lipinski definition) is 0. The molecule has 15 heavy (non-hydrogen) atoms. The Hall–Kier alpha value is -1.91. The second kappa shape index (κ2) is 5.09. The molecule has 0 saturated carbocycles. The summed E-state index contributed by atoms with van der Waals surface area (Å²) in [5, 5.41) is 10.4. The number of ether oxygens (including phenoxy) is 1. The van der Waals surface area contributed by atoms with E-state index in [1.807, 2.05) is 6.92 Å². The zero-order valence-corrected chi connectivity index (χ0v) is 8.30. The zero-order valence-electron chi connectivity index (χ0n) is 8.30. The van der Waals surface area contributed by atoms with Gasteiger partial charge in [0.25, 0.3) is 5.69 Å². The van der Waals surface area contributed by atoms with Crippen LogP contribution in [0.2, 0.25) is 0 Å². The maximum absolute atomic E-state index is 11.1. The second-order valence-electron chi connectivity index (χ2n) is 2.98. The first-order valence-electron chi connectivity index (χ1n) is 4.58. The number of carbonyl (C=O) groups is 1. The fourth-order valence-corrected chi connectivity index (χ4v) is 1.05. The second-order valence-corrected chi connectivity index (χ2v) is 2.98. The Bertz CT molecular complexity index is 375. The maximum atomic E-state index is 11.1. The fourth-order valence-electron chi connectivity index (χ4n) is 1.05. The molecule has 0 spiro atoms. The van der Waals surface area contributed by atoms with E-state index in [0.29, 0.717) is 12.8 Å². The molecule has 0 N–H and O–H groups in total. The molecule has 1 aromatic rings. The summed E-state index contributed by atoms with van der Waals surface area (Å²) in [4.78, 5) is 21.0. The van der Waals surface area contributed by atoms with Crippen LogP contribution in [0.5, 0.6) is 5.75 Å². The van der Waals surface area contributed by atoms with E-state index >= 15 is 0 Å². The summed E-state index contributed by atoms with van der Waals surface area (Å²) < 4.78 is 4.90. The zero-order chi connectivity index (χ0) is 11.3. The predicted molar refractivity (Wildman–Crippen MR) is 53.6 cm³/mol. The van der Waals surface area contributed by atoms with Crippen LogP contribution in [0.3, 0.4) is 0 Å². The lowest BCUT2D eigenvalue weighted by molar-refractivity contribution is -0.384. The SMILES string of the molecule is CCCC(=O)Oc1cccc([N+](=O)[O-])c1. The van der Waals surface area contributed by atoms with E-state index in [-0.39, 0.29) is 17.4 Å². The van der Waals surface area contributed by atoms with Crippen molar-refractivity contribution in [1.29, 1.82) is 0 Å². The van der Waals surface area contributed by atoms with Crippen LogP contribution >= 0.6 is 0 Å². The van der Waals surface area contributed by atoms with Crippen molar-refractivity contribution >= 4 is 11.7 Å². The monoisotopic (exact) mass is 209 g/mol. The Kier molecular flexibility index (Phi) is 3.79. The van der Waals surface area contributed by atoms with Gasteiger partial charge in [-0.3, -0.25) is 14.9 Å². The lowest BCUT2D eigenvalue weighted by Crippen LogP contribution is -2.06. The van der Waals surface area contributed by atoms with E-state index in [1.165, 1.54) is 24.3 Å². The average Bonchev–Trinajstić information content (AvgIpc) is 2.18. The van der Waals surface area contributed by atoms with Crippen LogP contribution in [0.4, 0.5) is 5.69 Å². The first kappa shape index (κ1) is 11.2. The number of hydrogen-bond acceptors (Lipinski definition) is 4. The summed E-state index contributed by atoms with van der Waals surface area (Å²) in [6.45, 7) is 1.86. The Morgan fingerprint density at radius 2 is 2.27 bits per heavy atom. The number of nitro benzene ring substituents is 1. The number of nitrogens with zero attached hydrogens (tertiary/aromatic N) is 1. The van der Waals surface area contributed by atoms with Gasteiger partial charge in [-0.05, 0) is 12.5 Å². The Labute approximate surface area is 86.8 Å². The molecule has 5 heteroatoms. The smallest absolute Gasteiger partial charge is 0.311 e. The standard InChI is InChI=1S/C10H11NO4/c1-2-4-10(12)15-9-6-3-5-8(7-9)11(13)14/h3,5-7H,2,4H2,1H3. The van der Waals surface area contributed by atoms with E-state index in [0.717, 1.165) is 0 Å². The highest BCUT2D eigenvalue weighted by molar-refractivity contribution is 5.72. The normalized spacial score (nSPS) is 9.67. The molecule has 0 amide bonds. The lowest BCUT2D eigenvalue weighted by Gasteiger charge is -2.02. The fraction of sp³-hybridized carbons (Fsp3) is 0.300. The molecule has 0 heterocycles. The quantitative estimate of drug-likeness (QED) is 0.330. The molecular formula is C10H11NO4. The van der Waals surface area contributed by atoms with E-state index < -0.39 is 4.92 Å². The summed E-state index contributed by atoms with van der Waals surface area (Å²) in [6.07, 6.45) is 0.996. The van der Waals surface area contributed by atoms with Crippen molar-refractivity contribution in [2.45, 2.75) is 19.8 Å². The molecule has 0 atom stereocenters. The third-order valence-electron chi connectivity index (χ3n) is 1.71.